The predicted octanol–water partition coefficient (Wildman–Crippen LogP) is 16.1. The number of carbonyl (C=O) groups is 6. The number of carboxylic acids is 2. The van der Waals surface area contributed by atoms with Crippen LogP contribution in [0.2, 0.25) is 15.1 Å². The Balaban J connectivity index is 1.13. The molecule has 0 saturated heterocycles. The monoisotopic (exact) mass is 1260 g/mol. The molecule has 0 aromatic heterocycles. The highest BCUT2D eigenvalue weighted by Crippen LogP contribution is 2.53. The molecule has 2 aliphatic carbocycles. The van der Waals surface area contributed by atoms with Crippen LogP contribution in [0.25, 0.3) is 0 Å². The molecule has 2 aliphatic heterocycles. The van der Waals surface area contributed by atoms with Crippen LogP contribution in [0, 0.1) is 34.5 Å². The summed E-state index contributed by atoms with van der Waals surface area (Å²) in [5, 5.41) is 25.6. The molecule has 4 N–H and O–H groups in total. The summed E-state index contributed by atoms with van der Waals surface area (Å²) in [7, 11) is 0. The van der Waals surface area contributed by atoms with E-state index < -0.39 is 47.3 Å². The van der Waals surface area contributed by atoms with Crippen LogP contribution in [0.3, 0.4) is 0 Å². The third-order valence-corrected chi connectivity index (χ3v) is 20.1. The van der Waals surface area contributed by atoms with Gasteiger partial charge in [0.1, 0.15) is 22.7 Å². The van der Waals surface area contributed by atoms with Gasteiger partial charge in [-0.2, -0.15) is 0 Å². The lowest BCUT2D eigenvalue weighted by Crippen LogP contribution is -2.51. The number of carbonyl (C=O) groups excluding carboxylic acids is 4. The van der Waals surface area contributed by atoms with Gasteiger partial charge in [-0.1, -0.05) is 128 Å². The molecule has 2 saturated carbocycles. The van der Waals surface area contributed by atoms with Crippen molar-refractivity contribution < 1.29 is 39.0 Å². The van der Waals surface area contributed by atoms with Crippen LogP contribution in [0.15, 0.2) is 94.9 Å². The summed E-state index contributed by atoms with van der Waals surface area (Å²) in [6, 6.07) is 23.6. The highest BCUT2D eigenvalue weighted by molar-refractivity contribution is 6.48. The van der Waals surface area contributed by atoms with E-state index in [9.17, 15) is 29.4 Å². The smallest absolute Gasteiger partial charge is 0.305 e. The van der Waals surface area contributed by atoms with Gasteiger partial charge >= 0.3 is 11.9 Å². The second-order valence-electron chi connectivity index (χ2n) is 28.5. The lowest BCUT2D eigenvalue weighted by atomic mass is 9.69. The molecule has 17 heteroatoms. The van der Waals surface area contributed by atoms with E-state index in [1.54, 1.807) is 56.3 Å². The third-order valence-electron chi connectivity index (χ3n) is 19.5. The number of nitrogens with zero attached hydrogens (tertiary/aromatic N) is 4. The van der Waals surface area contributed by atoms with Crippen LogP contribution in [0.1, 0.15) is 240 Å². The summed E-state index contributed by atoms with van der Waals surface area (Å²) >= 11 is 20.4. The molecular weight excluding hydrogens is 1170 g/mol. The maximum atomic E-state index is 15.7. The summed E-state index contributed by atoms with van der Waals surface area (Å²) in [6.07, 6.45) is 8.43. The maximum Gasteiger partial charge on any atom is 0.305 e. The molecule has 4 aromatic rings. The number of aliphatic imine (C=N–C) groups is 2. The number of rotatable bonds is 22. The highest BCUT2D eigenvalue weighted by atomic mass is 35.5. The largest absolute Gasteiger partial charge is 0.481 e. The Hall–Kier alpha value is -6.09. The lowest BCUT2D eigenvalue weighted by Gasteiger charge is -2.47. The molecule has 4 aromatic carbocycles. The summed E-state index contributed by atoms with van der Waals surface area (Å²) in [4.78, 5) is 96.0. The van der Waals surface area contributed by atoms with Gasteiger partial charge in [0.15, 0.2) is 0 Å². The van der Waals surface area contributed by atoms with Crippen molar-refractivity contribution in [3.05, 3.63) is 139 Å². The van der Waals surface area contributed by atoms with Gasteiger partial charge in [0, 0.05) is 49.4 Å². The fourth-order valence-corrected chi connectivity index (χ4v) is 14.9. The zero-order valence-electron chi connectivity index (χ0n) is 53.4. The summed E-state index contributed by atoms with van der Waals surface area (Å²) in [5.41, 5.74) is 3.72. The summed E-state index contributed by atoms with van der Waals surface area (Å²) in [5.74, 6) is -2.05. The van der Waals surface area contributed by atoms with Crippen molar-refractivity contribution in [2.24, 2.45) is 44.5 Å². The quantitative estimate of drug-likeness (QED) is 0.0596. The van der Waals surface area contributed by atoms with Crippen molar-refractivity contribution in [2.45, 2.75) is 214 Å². The average molecular weight is 1260 g/mol. The van der Waals surface area contributed by atoms with E-state index in [4.69, 9.17) is 44.8 Å². The zero-order chi connectivity index (χ0) is 64.4. The van der Waals surface area contributed by atoms with Crippen molar-refractivity contribution in [1.29, 1.82) is 0 Å². The average Bonchev–Trinajstić information content (AvgIpc) is 1.80. The van der Waals surface area contributed by atoms with Gasteiger partial charge in [0.2, 0.25) is 0 Å². The van der Waals surface area contributed by atoms with Crippen molar-refractivity contribution in [2.75, 3.05) is 0 Å². The van der Waals surface area contributed by atoms with Gasteiger partial charge in [-0.15, -0.1) is 0 Å². The minimum Gasteiger partial charge on any atom is -0.481 e. The molecule has 4 aliphatic rings. The van der Waals surface area contributed by atoms with Crippen molar-refractivity contribution in [3.8, 4) is 0 Å². The first kappa shape index (κ1) is 67.8. The van der Waals surface area contributed by atoms with Gasteiger partial charge < -0.3 is 30.6 Å². The van der Waals surface area contributed by atoms with Gasteiger partial charge in [0.05, 0.1) is 24.9 Å². The van der Waals surface area contributed by atoms with E-state index in [-0.39, 0.29) is 59.3 Å². The van der Waals surface area contributed by atoms with E-state index in [2.05, 4.69) is 90.8 Å². The van der Waals surface area contributed by atoms with Gasteiger partial charge in [-0.05, 0) is 209 Å². The van der Waals surface area contributed by atoms with E-state index in [1.807, 2.05) is 41.3 Å². The van der Waals surface area contributed by atoms with Crippen molar-refractivity contribution in [1.82, 2.24) is 20.4 Å². The minimum absolute atomic E-state index is 0.00887. The summed E-state index contributed by atoms with van der Waals surface area (Å²) < 4.78 is 0. The van der Waals surface area contributed by atoms with Crippen LogP contribution < -0.4 is 10.6 Å². The SMILES string of the molecule is CC(C)CCC(c1ccc(C(=O)N[C@H](C)CC(=O)O)cc1)N1C(=O)C(c2cc(Cl)cc(C(C)C(C)CCC(c3ccc(C(=O)N[C@@H](C)CC(=O)O)cc3)N3C(=O)C(c4cc(Cl)cc(Cl)c4)=NC34CCC(C(C)(C)C)CC4)c2)=NC12CCC(C(C)(C)C)CC2. The zero-order valence-corrected chi connectivity index (χ0v) is 55.7. The minimum atomic E-state index is -1.01. The number of hydrogen-bond donors (Lipinski definition) is 4. The first-order valence-electron chi connectivity index (χ1n) is 31.7. The number of benzene rings is 4. The molecule has 4 unspecified atom stereocenters. The molecule has 2 spiro atoms. The number of aliphatic carboxylic acids is 2. The molecule has 4 amide bonds. The molecule has 0 radical (unpaired) electrons. The highest BCUT2D eigenvalue weighted by Gasteiger charge is 2.55. The van der Waals surface area contributed by atoms with Crippen LogP contribution >= 0.6 is 34.8 Å². The first-order valence-corrected chi connectivity index (χ1v) is 32.8. The first-order chi connectivity index (χ1) is 41.3. The summed E-state index contributed by atoms with van der Waals surface area (Å²) in [6.45, 7) is 25.7. The van der Waals surface area contributed by atoms with Gasteiger partial charge in [-0.25, -0.2) is 0 Å². The molecule has 14 nitrogen and oxygen atoms in total. The molecule has 2 heterocycles. The Bertz CT molecular complexity index is 3270. The van der Waals surface area contributed by atoms with Crippen LogP contribution in [0.4, 0.5) is 0 Å². The Morgan fingerprint density at radius 1 is 0.534 bits per heavy atom. The third kappa shape index (κ3) is 15.7. The molecular formula is C71H91Cl3N6O8. The number of hydrogen-bond acceptors (Lipinski definition) is 8. The van der Waals surface area contributed by atoms with Crippen LogP contribution in [0.5, 0.6) is 0 Å². The van der Waals surface area contributed by atoms with Crippen molar-refractivity contribution in [3.63, 3.8) is 0 Å². The predicted molar refractivity (Wildman–Crippen MR) is 351 cm³/mol. The molecule has 88 heavy (non-hydrogen) atoms. The molecule has 2 fully saturated rings. The Morgan fingerprint density at radius 2 is 0.898 bits per heavy atom. The molecule has 8 rings (SSSR count). The van der Waals surface area contributed by atoms with E-state index >= 15 is 9.59 Å². The number of carboxylic acid groups (broad SMARTS) is 2. The molecule has 6 atom stereocenters. The number of halogens is 3. The maximum absolute atomic E-state index is 15.7. The van der Waals surface area contributed by atoms with Crippen molar-refractivity contribution >= 4 is 81.8 Å². The molecule has 474 valence electrons. The fraction of sp³-hybridized carbons (Fsp3) is 0.549. The van der Waals surface area contributed by atoms with Crippen LogP contribution in [-0.2, 0) is 19.2 Å². The van der Waals surface area contributed by atoms with Gasteiger partial charge in [-0.3, -0.25) is 38.8 Å². The lowest BCUT2D eigenvalue weighted by molar-refractivity contribution is -0.138. The van der Waals surface area contributed by atoms with E-state index in [0.717, 1.165) is 48.8 Å². The topological polar surface area (TPSA) is 198 Å². The second-order valence-corrected chi connectivity index (χ2v) is 29.8. The van der Waals surface area contributed by atoms with E-state index in [1.165, 1.54) is 0 Å². The fourth-order valence-electron chi connectivity index (χ4n) is 14.1. The standard InChI is InChI=1S/C71H91Cl3N6O8/c1-41(2)13-23-58(46-15-19-48(20-16-46)64(85)75-43(4)33-60(81)82)79-66(87)62(77-70(79)29-25-53(26-30-70)68(7,8)9)51-35-50(36-55(72)37-51)45(6)42(3)14-24-59(47-17-21-49(22-18-47)65(86)76-44(5)34-61(83)84)80-67(88)63(52-38-56(73)40-57(74)39-52)78-71(80)31-27-54(28-32-71)69(10,11)12/h15-22,35-45,53-54,58-59H,13-14,23-34H2,1-12H3,(H,75,85)(H,76,86)(H,81,82)(H,83,84)/t42?,43-,44+,45?,53?,54?,58?,59?,70?,71?/m1/s1. The van der Waals surface area contributed by atoms with Gasteiger partial charge in [0.25, 0.3) is 23.6 Å². The Morgan fingerprint density at radius 3 is 1.26 bits per heavy atom. The molecule has 0 bridgehead atoms. The number of nitrogens with one attached hydrogen (secondary N) is 2. The normalized spacial score (nSPS) is 22.7. The Kier molecular flexibility index (Phi) is 21.2. The second kappa shape index (κ2) is 27.6. The Labute approximate surface area is 536 Å². The van der Waals surface area contributed by atoms with Crippen LogP contribution in [-0.4, -0.2) is 90.4 Å². The number of amides is 4. The van der Waals surface area contributed by atoms with E-state index in [0.29, 0.717) is 111 Å².